The van der Waals surface area contributed by atoms with Crippen molar-refractivity contribution in [1.82, 2.24) is 4.98 Å². The molecule has 0 spiro atoms. The number of amidine groups is 1. The number of amides is 1. The number of aliphatic imine (C=N–C) groups is 1. The predicted molar refractivity (Wildman–Crippen MR) is 108 cm³/mol. The Kier molecular flexibility index (Phi) is 5.09. The SMILES string of the molecule is C[C@@]1(c2cc(N(C#CC3CC3)C(=O)c3ccccn3)ccc2F)N=C(N)OCC1(F)F. The van der Waals surface area contributed by atoms with Crippen LogP contribution >= 0.6 is 0 Å². The van der Waals surface area contributed by atoms with Gasteiger partial charge in [-0.25, -0.2) is 14.3 Å². The number of pyridine rings is 1. The topological polar surface area (TPSA) is 80.8 Å². The van der Waals surface area contributed by atoms with Crippen LogP contribution in [0.4, 0.5) is 18.9 Å². The van der Waals surface area contributed by atoms with Crippen LogP contribution in [0.25, 0.3) is 0 Å². The molecular formula is C22H19F3N4O2. The highest BCUT2D eigenvalue weighted by Gasteiger charge is 2.56. The number of hydrogen-bond donors (Lipinski definition) is 1. The molecule has 2 aromatic rings. The predicted octanol–water partition coefficient (Wildman–Crippen LogP) is 3.43. The number of aromatic nitrogens is 1. The molecule has 0 saturated heterocycles. The van der Waals surface area contributed by atoms with Gasteiger partial charge in [-0.15, -0.1) is 0 Å². The van der Waals surface area contributed by atoms with Gasteiger partial charge in [-0.2, -0.15) is 8.78 Å². The van der Waals surface area contributed by atoms with Crippen molar-refractivity contribution < 1.29 is 22.7 Å². The molecule has 160 valence electrons. The molecule has 1 aliphatic carbocycles. The van der Waals surface area contributed by atoms with Gasteiger partial charge in [0.1, 0.15) is 11.5 Å². The molecule has 0 radical (unpaired) electrons. The third kappa shape index (κ3) is 3.93. The van der Waals surface area contributed by atoms with Gasteiger partial charge < -0.3 is 10.5 Å². The second kappa shape index (κ2) is 7.61. The number of rotatable bonds is 3. The maximum Gasteiger partial charge on any atom is 0.310 e. The molecule has 4 rings (SSSR count). The number of carbonyl (C=O) groups excluding carboxylic acids is 1. The lowest BCUT2D eigenvalue weighted by Gasteiger charge is -2.37. The molecule has 1 aromatic heterocycles. The highest BCUT2D eigenvalue weighted by Crippen LogP contribution is 2.45. The van der Waals surface area contributed by atoms with E-state index in [1.807, 2.05) is 0 Å². The Morgan fingerprint density at radius 3 is 2.74 bits per heavy atom. The molecule has 1 saturated carbocycles. The smallest absolute Gasteiger partial charge is 0.310 e. The number of hydrogen-bond acceptors (Lipinski definition) is 5. The van der Waals surface area contributed by atoms with Crippen molar-refractivity contribution in [2.75, 3.05) is 11.5 Å². The molecule has 1 atom stereocenters. The summed E-state index contributed by atoms with van der Waals surface area (Å²) in [5.74, 6) is -1.87. The maximum atomic E-state index is 14.7. The molecule has 0 bridgehead atoms. The van der Waals surface area contributed by atoms with Crippen molar-refractivity contribution in [3.8, 4) is 12.0 Å². The summed E-state index contributed by atoms with van der Waals surface area (Å²) in [6, 6.07) is 10.6. The average molecular weight is 428 g/mol. The number of nitrogens with zero attached hydrogens (tertiary/aromatic N) is 3. The van der Waals surface area contributed by atoms with Crippen molar-refractivity contribution in [2.24, 2.45) is 16.6 Å². The van der Waals surface area contributed by atoms with Gasteiger partial charge in [-0.1, -0.05) is 12.0 Å². The van der Waals surface area contributed by atoms with Crippen LogP contribution in [0.3, 0.4) is 0 Å². The van der Waals surface area contributed by atoms with Crippen LogP contribution < -0.4 is 10.6 Å². The zero-order chi connectivity index (χ0) is 22.2. The van der Waals surface area contributed by atoms with Crippen LogP contribution in [0.2, 0.25) is 0 Å². The normalized spacial score (nSPS) is 21.9. The van der Waals surface area contributed by atoms with E-state index in [4.69, 9.17) is 5.73 Å². The van der Waals surface area contributed by atoms with E-state index in [2.05, 4.69) is 26.7 Å². The molecule has 2 aliphatic rings. The van der Waals surface area contributed by atoms with Crippen LogP contribution in [-0.4, -0.2) is 29.4 Å². The quantitative estimate of drug-likeness (QED) is 0.600. The molecule has 1 amide bonds. The van der Waals surface area contributed by atoms with Crippen molar-refractivity contribution >= 4 is 17.6 Å². The Morgan fingerprint density at radius 1 is 1.29 bits per heavy atom. The minimum absolute atomic E-state index is 0.114. The van der Waals surface area contributed by atoms with Gasteiger partial charge in [0.15, 0.2) is 12.1 Å². The second-order valence-electron chi connectivity index (χ2n) is 7.57. The van der Waals surface area contributed by atoms with Crippen LogP contribution in [-0.2, 0) is 10.3 Å². The van der Waals surface area contributed by atoms with Crippen molar-refractivity contribution in [1.29, 1.82) is 0 Å². The van der Waals surface area contributed by atoms with Crippen LogP contribution in [0.15, 0.2) is 47.6 Å². The first-order chi connectivity index (χ1) is 14.7. The molecule has 31 heavy (non-hydrogen) atoms. The largest absolute Gasteiger partial charge is 0.459 e. The van der Waals surface area contributed by atoms with Gasteiger partial charge in [-0.05, 0) is 50.1 Å². The van der Waals surface area contributed by atoms with Gasteiger partial charge in [0, 0.05) is 23.7 Å². The zero-order valence-corrected chi connectivity index (χ0v) is 16.6. The summed E-state index contributed by atoms with van der Waals surface area (Å²) in [7, 11) is 0. The molecule has 9 heteroatoms. The van der Waals surface area contributed by atoms with E-state index in [0.717, 1.165) is 36.8 Å². The molecular weight excluding hydrogens is 409 g/mol. The van der Waals surface area contributed by atoms with E-state index in [1.165, 1.54) is 18.3 Å². The number of anilines is 1. The first-order valence-corrected chi connectivity index (χ1v) is 9.64. The third-order valence-electron chi connectivity index (χ3n) is 5.22. The Bertz CT molecular complexity index is 1110. The first-order valence-electron chi connectivity index (χ1n) is 9.64. The number of nitrogens with two attached hydrogens (primary N) is 1. The van der Waals surface area contributed by atoms with E-state index < -0.39 is 41.4 Å². The van der Waals surface area contributed by atoms with Gasteiger partial charge in [0.05, 0.1) is 5.69 Å². The highest BCUT2D eigenvalue weighted by molar-refractivity contribution is 6.07. The molecule has 6 nitrogen and oxygen atoms in total. The molecule has 2 N–H and O–H groups in total. The summed E-state index contributed by atoms with van der Waals surface area (Å²) in [6.07, 6.45) is 3.30. The molecule has 1 aromatic carbocycles. The average Bonchev–Trinajstić information content (AvgIpc) is 3.57. The number of carbonyl (C=O) groups is 1. The first kappa shape index (κ1) is 20.7. The van der Waals surface area contributed by atoms with Gasteiger partial charge >= 0.3 is 5.92 Å². The lowest BCUT2D eigenvalue weighted by Crippen LogP contribution is -2.51. The molecule has 1 fully saturated rings. The van der Waals surface area contributed by atoms with E-state index in [-0.39, 0.29) is 17.3 Å². The summed E-state index contributed by atoms with van der Waals surface area (Å²) in [4.78, 5) is 21.9. The Labute approximate surface area is 176 Å². The number of ether oxygens (including phenoxy) is 1. The summed E-state index contributed by atoms with van der Waals surface area (Å²) < 4.78 is 48.9. The van der Waals surface area contributed by atoms with Crippen LogP contribution in [0.5, 0.6) is 0 Å². The number of alkyl halides is 2. The lowest BCUT2D eigenvalue weighted by molar-refractivity contribution is -0.117. The van der Waals surface area contributed by atoms with Gasteiger partial charge in [0.25, 0.3) is 11.9 Å². The maximum absolute atomic E-state index is 14.7. The van der Waals surface area contributed by atoms with Crippen molar-refractivity contribution in [3.63, 3.8) is 0 Å². The lowest BCUT2D eigenvalue weighted by atomic mass is 9.85. The Morgan fingerprint density at radius 2 is 2.06 bits per heavy atom. The van der Waals surface area contributed by atoms with E-state index in [0.29, 0.717) is 0 Å². The van der Waals surface area contributed by atoms with E-state index in [9.17, 15) is 18.0 Å². The highest BCUT2D eigenvalue weighted by atomic mass is 19.3. The summed E-state index contributed by atoms with van der Waals surface area (Å²) in [6.45, 7) is 0.0337. The summed E-state index contributed by atoms with van der Waals surface area (Å²) in [5.41, 5.74) is 3.00. The van der Waals surface area contributed by atoms with Crippen LogP contribution in [0.1, 0.15) is 35.8 Å². The van der Waals surface area contributed by atoms with E-state index >= 15 is 0 Å². The Balaban J connectivity index is 1.81. The molecule has 1 aliphatic heterocycles. The van der Waals surface area contributed by atoms with Crippen molar-refractivity contribution in [2.45, 2.75) is 31.2 Å². The summed E-state index contributed by atoms with van der Waals surface area (Å²) in [5, 5.41) is 0. The fourth-order valence-electron chi connectivity index (χ4n) is 3.14. The zero-order valence-electron chi connectivity index (χ0n) is 16.6. The van der Waals surface area contributed by atoms with Gasteiger partial charge in [-0.3, -0.25) is 9.78 Å². The molecule has 0 unspecified atom stereocenters. The standard InChI is InChI=1S/C22H19F3N4O2/c1-21(22(24,25)13-31-20(26)28-21)16-12-15(7-8-17(16)23)29(11-9-14-5-6-14)19(30)18-4-2-3-10-27-18/h2-4,7-8,10,12,14H,5-6,13H2,1H3,(H2,26,28)/t21-/m0/s1. The third-order valence-corrected chi connectivity index (χ3v) is 5.22. The second-order valence-corrected chi connectivity index (χ2v) is 7.57. The fraction of sp³-hybridized carbons (Fsp3) is 0.318. The minimum Gasteiger partial charge on any atom is -0.459 e. The van der Waals surface area contributed by atoms with Crippen LogP contribution in [0, 0.1) is 23.7 Å². The Hall–Kier alpha value is -3.54. The van der Waals surface area contributed by atoms with Crippen molar-refractivity contribution in [3.05, 3.63) is 59.7 Å². The molecule has 2 heterocycles. The fourth-order valence-corrected chi connectivity index (χ4v) is 3.14. The summed E-state index contributed by atoms with van der Waals surface area (Å²) >= 11 is 0. The minimum atomic E-state index is -3.54. The monoisotopic (exact) mass is 428 g/mol. The van der Waals surface area contributed by atoms with Gasteiger partial charge in [0.2, 0.25) is 0 Å². The van der Waals surface area contributed by atoms with E-state index in [1.54, 1.807) is 12.1 Å². The number of benzene rings is 1. The number of halogens is 3.